The maximum atomic E-state index is 13.0. The Hall–Kier alpha value is -2.38. The molecule has 2 atom stereocenters. The van der Waals surface area contributed by atoms with Gasteiger partial charge < -0.3 is 14.7 Å². The first-order valence-corrected chi connectivity index (χ1v) is 9.64. The van der Waals surface area contributed by atoms with E-state index in [9.17, 15) is 18.3 Å². The highest BCUT2D eigenvalue weighted by molar-refractivity contribution is 7.91. The first kappa shape index (κ1) is 17.4. The lowest BCUT2D eigenvalue weighted by atomic mass is 10.1. The normalized spacial score (nSPS) is 21.7. The van der Waals surface area contributed by atoms with E-state index in [4.69, 9.17) is 4.74 Å². The van der Waals surface area contributed by atoms with Gasteiger partial charge in [0, 0.05) is 11.3 Å². The summed E-state index contributed by atoms with van der Waals surface area (Å²) in [6, 6.07) is 14.5. The summed E-state index contributed by atoms with van der Waals surface area (Å²) < 4.78 is 29.0. The van der Waals surface area contributed by atoms with Crippen LogP contribution in [-0.4, -0.2) is 50.2 Å². The summed E-state index contributed by atoms with van der Waals surface area (Å²) in [7, 11) is -1.86. The Bertz CT molecular complexity index is 849. The van der Waals surface area contributed by atoms with Crippen LogP contribution in [0.5, 0.6) is 5.75 Å². The third-order valence-corrected chi connectivity index (χ3v) is 5.91. The quantitative estimate of drug-likeness (QED) is 0.892. The highest BCUT2D eigenvalue weighted by Crippen LogP contribution is 2.28. The second kappa shape index (κ2) is 6.85. The van der Waals surface area contributed by atoms with Crippen LogP contribution in [0.2, 0.25) is 0 Å². The van der Waals surface area contributed by atoms with Crippen molar-refractivity contribution in [1.82, 2.24) is 0 Å². The third-order valence-electron chi connectivity index (χ3n) is 4.22. The second-order valence-electron chi connectivity index (χ2n) is 5.95. The Labute approximate surface area is 146 Å². The molecular formula is C18H19NO5S. The Morgan fingerprint density at radius 3 is 2.24 bits per heavy atom. The van der Waals surface area contributed by atoms with Crippen molar-refractivity contribution < 1.29 is 23.1 Å². The molecule has 0 radical (unpaired) electrons. The highest BCUT2D eigenvalue weighted by atomic mass is 32.2. The Balaban J connectivity index is 2.03. The van der Waals surface area contributed by atoms with Gasteiger partial charge in [0.05, 0.1) is 30.8 Å². The van der Waals surface area contributed by atoms with Crippen LogP contribution >= 0.6 is 0 Å². The molecule has 0 aliphatic carbocycles. The number of nitrogens with zero attached hydrogens (tertiary/aromatic N) is 1. The largest absolute Gasteiger partial charge is 0.497 e. The van der Waals surface area contributed by atoms with E-state index < -0.39 is 22.0 Å². The van der Waals surface area contributed by atoms with Crippen molar-refractivity contribution in [2.45, 2.75) is 12.1 Å². The summed E-state index contributed by atoms with van der Waals surface area (Å²) >= 11 is 0. The fourth-order valence-electron chi connectivity index (χ4n) is 2.98. The number of carbonyl (C=O) groups excluding carboxylic acids is 1. The van der Waals surface area contributed by atoms with Crippen molar-refractivity contribution in [2.75, 3.05) is 23.5 Å². The first-order chi connectivity index (χ1) is 11.9. The topological polar surface area (TPSA) is 83.9 Å². The molecule has 1 N–H and O–H groups in total. The lowest BCUT2D eigenvalue weighted by molar-refractivity contribution is 0.0945. The van der Waals surface area contributed by atoms with Gasteiger partial charge in [-0.25, -0.2) is 8.42 Å². The van der Waals surface area contributed by atoms with Crippen LogP contribution in [-0.2, 0) is 9.84 Å². The van der Waals surface area contributed by atoms with Gasteiger partial charge in [-0.3, -0.25) is 4.79 Å². The van der Waals surface area contributed by atoms with E-state index in [1.54, 1.807) is 54.6 Å². The van der Waals surface area contributed by atoms with Crippen molar-refractivity contribution >= 4 is 21.4 Å². The minimum Gasteiger partial charge on any atom is -0.497 e. The maximum Gasteiger partial charge on any atom is 0.258 e. The minimum atomic E-state index is -3.39. The molecule has 0 aromatic heterocycles. The summed E-state index contributed by atoms with van der Waals surface area (Å²) in [5.41, 5.74) is 0.936. The number of sulfone groups is 1. The Morgan fingerprint density at radius 2 is 1.72 bits per heavy atom. The zero-order valence-corrected chi connectivity index (χ0v) is 14.5. The van der Waals surface area contributed by atoms with Crippen molar-refractivity contribution in [2.24, 2.45) is 0 Å². The number of ether oxygens (including phenoxy) is 1. The molecule has 132 valence electrons. The number of hydrogen-bond donors (Lipinski definition) is 1. The second-order valence-corrected chi connectivity index (χ2v) is 8.10. The lowest BCUT2D eigenvalue weighted by Gasteiger charge is -2.30. The number of anilines is 1. The predicted octanol–water partition coefficient (Wildman–Crippen LogP) is 1.50. The van der Waals surface area contributed by atoms with Crippen LogP contribution in [0.4, 0.5) is 5.69 Å². The Kier molecular flexibility index (Phi) is 4.78. The molecule has 25 heavy (non-hydrogen) atoms. The van der Waals surface area contributed by atoms with Crippen LogP contribution in [0, 0.1) is 0 Å². The molecule has 0 spiro atoms. The molecule has 1 aliphatic rings. The number of methoxy groups -OCH3 is 1. The fourth-order valence-corrected chi connectivity index (χ4v) is 4.75. The van der Waals surface area contributed by atoms with Crippen molar-refractivity contribution in [1.29, 1.82) is 0 Å². The third kappa shape index (κ3) is 3.67. The number of aliphatic hydroxyl groups is 1. The molecule has 2 unspecified atom stereocenters. The monoisotopic (exact) mass is 361 g/mol. The number of carbonyl (C=O) groups is 1. The Morgan fingerprint density at radius 1 is 1.08 bits per heavy atom. The van der Waals surface area contributed by atoms with Crippen molar-refractivity contribution in [3.63, 3.8) is 0 Å². The van der Waals surface area contributed by atoms with Gasteiger partial charge in [0.1, 0.15) is 5.75 Å². The number of hydrogen-bond acceptors (Lipinski definition) is 5. The van der Waals surface area contributed by atoms with Gasteiger partial charge in [0.25, 0.3) is 5.91 Å². The average Bonchev–Trinajstić information content (AvgIpc) is 2.89. The fraction of sp³-hybridized carbons (Fsp3) is 0.278. The molecule has 2 aromatic carbocycles. The number of benzene rings is 2. The van der Waals surface area contributed by atoms with E-state index >= 15 is 0 Å². The summed E-state index contributed by atoms with van der Waals surface area (Å²) in [6.45, 7) is 0. The van der Waals surface area contributed by atoms with E-state index in [-0.39, 0.29) is 17.4 Å². The van der Waals surface area contributed by atoms with E-state index in [0.29, 0.717) is 17.0 Å². The molecule has 1 saturated heterocycles. The zero-order chi connectivity index (χ0) is 18.0. The molecule has 3 rings (SSSR count). The summed E-state index contributed by atoms with van der Waals surface area (Å²) in [5, 5.41) is 10.3. The van der Waals surface area contributed by atoms with Gasteiger partial charge in [0.15, 0.2) is 9.84 Å². The van der Waals surface area contributed by atoms with Gasteiger partial charge in [-0.1, -0.05) is 18.2 Å². The van der Waals surface area contributed by atoms with Gasteiger partial charge >= 0.3 is 0 Å². The van der Waals surface area contributed by atoms with E-state index in [1.807, 2.05) is 0 Å². The average molecular weight is 361 g/mol. The SMILES string of the molecule is COc1ccc(N(C(=O)c2ccccc2)C2CS(=O)(=O)CC2O)cc1. The standard InChI is InChI=1S/C18H19NO5S/c1-24-15-9-7-14(8-10-15)19(16-11-25(22,23)12-17(16)20)18(21)13-5-3-2-4-6-13/h2-10,16-17,20H,11-12H2,1H3. The molecule has 2 aromatic rings. The lowest BCUT2D eigenvalue weighted by Crippen LogP contribution is -2.47. The van der Waals surface area contributed by atoms with Crippen LogP contribution in [0.1, 0.15) is 10.4 Å². The van der Waals surface area contributed by atoms with E-state index in [0.717, 1.165) is 0 Å². The smallest absolute Gasteiger partial charge is 0.258 e. The summed E-state index contributed by atoms with van der Waals surface area (Å²) in [5.74, 6) is -0.340. The van der Waals surface area contributed by atoms with Crippen LogP contribution in [0.15, 0.2) is 54.6 Å². The van der Waals surface area contributed by atoms with Gasteiger partial charge in [0.2, 0.25) is 0 Å². The first-order valence-electron chi connectivity index (χ1n) is 7.82. The summed E-state index contributed by atoms with van der Waals surface area (Å²) in [4.78, 5) is 14.4. The van der Waals surface area contributed by atoms with Crippen LogP contribution in [0.25, 0.3) is 0 Å². The molecule has 7 heteroatoms. The van der Waals surface area contributed by atoms with Crippen molar-refractivity contribution in [3.05, 3.63) is 60.2 Å². The molecule has 0 saturated carbocycles. The molecule has 1 heterocycles. The molecule has 1 aliphatic heterocycles. The summed E-state index contributed by atoms with van der Waals surface area (Å²) in [6.07, 6.45) is -1.13. The predicted molar refractivity (Wildman–Crippen MR) is 94.7 cm³/mol. The molecular weight excluding hydrogens is 342 g/mol. The molecule has 6 nitrogen and oxygen atoms in total. The number of aliphatic hydroxyl groups excluding tert-OH is 1. The van der Waals surface area contributed by atoms with E-state index in [1.165, 1.54) is 12.0 Å². The molecule has 1 fully saturated rings. The minimum absolute atomic E-state index is 0.265. The number of rotatable bonds is 4. The van der Waals surface area contributed by atoms with Gasteiger partial charge in [-0.2, -0.15) is 0 Å². The van der Waals surface area contributed by atoms with Crippen molar-refractivity contribution in [3.8, 4) is 5.75 Å². The number of amides is 1. The zero-order valence-electron chi connectivity index (χ0n) is 13.7. The maximum absolute atomic E-state index is 13.0. The van der Waals surface area contributed by atoms with Gasteiger partial charge in [-0.15, -0.1) is 0 Å². The molecule has 0 bridgehead atoms. The van der Waals surface area contributed by atoms with Gasteiger partial charge in [-0.05, 0) is 36.4 Å². The van der Waals surface area contributed by atoms with Crippen LogP contribution < -0.4 is 9.64 Å². The van der Waals surface area contributed by atoms with Crippen LogP contribution in [0.3, 0.4) is 0 Å². The highest BCUT2D eigenvalue weighted by Gasteiger charge is 2.42. The molecule has 1 amide bonds. The van der Waals surface area contributed by atoms with E-state index in [2.05, 4.69) is 0 Å².